The number of aliphatic carboxylic acids is 2. The maximum absolute atomic E-state index is 12.6. The number of H-pyrrole nitrogens is 1. The summed E-state index contributed by atoms with van der Waals surface area (Å²) in [6, 6.07) is 11.8. The van der Waals surface area contributed by atoms with E-state index in [-0.39, 0.29) is 11.8 Å². The van der Waals surface area contributed by atoms with E-state index in [1.165, 1.54) is 0 Å². The normalized spacial score (nSPS) is 13.9. The SMILES string of the molecule is COCCNC(=O)c1ccc2c(c1)CC(c1nc(SCCN(C)C)c3cc(-c4cn[nH]c4)ccc3n1)CO2.O=C(O)C(F)(F)F.O=C(O)C(F)(F)F. The summed E-state index contributed by atoms with van der Waals surface area (Å²) in [5.74, 6) is -3.16. The van der Waals surface area contributed by atoms with Crippen molar-refractivity contribution in [3.05, 3.63) is 65.7 Å². The average molecular weight is 761 g/mol. The zero-order valence-corrected chi connectivity index (χ0v) is 28.7. The number of halogens is 6. The van der Waals surface area contributed by atoms with E-state index in [1.807, 2.05) is 24.5 Å². The highest BCUT2D eigenvalue weighted by Crippen LogP contribution is 2.35. The van der Waals surface area contributed by atoms with E-state index < -0.39 is 24.3 Å². The molecule has 0 spiro atoms. The van der Waals surface area contributed by atoms with Gasteiger partial charge in [0.25, 0.3) is 5.91 Å². The van der Waals surface area contributed by atoms with Crippen LogP contribution < -0.4 is 10.1 Å². The van der Waals surface area contributed by atoms with Gasteiger partial charge in [0.15, 0.2) is 0 Å². The van der Waals surface area contributed by atoms with Crippen LogP contribution in [0.3, 0.4) is 0 Å². The predicted octanol–water partition coefficient (Wildman–Crippen LogP) is 5.04. The van der Waals surface area contributed by atoms with Crippen molar-refractivity contribution in [1.82, 2.24) is 30.4 Å². The number of nitrogens with one attached hydrogen (secondary N) is 2. The molecule has 1 atom stereocenters. The van der Waals surface area contributed by atoms with Crippen LogP contribution in [0.5, 0.6) is 5.75 Å². The Morgan fingerprint density at radius 2 is 1.69 bits per heavy atom. The first-order valence-corrected chi connectivity index (χ1v) is 16.1. The van der Waals surface area contributed by atoms with Crippen molar-refractivity contribution in [2.75, 3.05) is 53.3 Å². The van der Waals surface area contributed by atoms with Crippen molar-refractivity contribution in [2.24, 2.45) is 0 Å². The number of carbonyl (C=O) groups excluding carboxylic acids is 1. The number of carbonyl (C=O) groups is 3. The number of amides is 1. The van der Waals surface area contributed by atoms with E-state index in [0.717, 1.165) is 56.5 Å². The quantitative estimate of drug-likeness (QED) is 0.0734. The summed E-state index contributed by atoms with van der Waals surface area (Å²) in [5, 5.41) is 26.1. The molecule has 1 aliphatic rings. The highest BCUT2D eigenvalue weighted by atomic mass is 32.2. The van der Waals surface area contributed by atoms with Gasteiger partial charge < -0.3 is 29.9 Å². The topological polar surface area (TPSA) is 180 Å². The van der Waals surface area contributed by atoms with E-state index >= 15 is 0 Å². The molecule has 2 aromatic carbocycles. The van der Waals surface area contributed by atoms with Gasteiger partial charge in [0.2, 0.25) is 0 Å². The van der Waals surface area contributed by atoms with E-state index in [4.69, 9.17) is 39.2 Å². The molecule has 0 bridgehead atoms. The molecule has 2 aromatic heterocycles. The van der Waals surface area contributed by atoms with Crippen LogP contribution in [0.1, 0.15) is 27.7 Å². The van der Waals surface area contributed by atoms with Gasteiger partial charge in [0, 0.05) is 48.7 Å². The number of carboxylic acid groups (broad SMARTS) is 2. The number of aromatic amines is 1. The zero-order chi connectivity index (χ0) is 38.6. The Kier molecular flexibility index (Phi) is 14.8. The molecule has 0 fully saturated rings. The summed E-state index contributed by atoms with van der Waals surface area (Å²) in [7, 11) is 5.76. The number of carboxylic acids is 2. The Morgan fingerprint density at radius 1 is 1.02 bits per heavy atom. The first kappa shape index (κ1) is 41.5. The van der Waals surface area contributed by atoms with Crippen LogP contribution in [-0.2, 0) is 20.7 Å². The van der Waals surface area contributed by atoms with Gasteiger partial charge in [-0.25, -0.2) is 19.6 Å². The molecule has 0 radical (unpaired) electrons. The van der Waals surface area contributed by atoms with Crippen LogP contribution in [0.15, 0.2) is 53.8 Å². The second-order valence-electron chi connectivity index (χ2n) is 11.1. The fraction of sp³-hybridized carbons (Fsp3) is 0.375. The van der Waals surface area contributed by atoms with Crippen molar-refractivity contribution in [1.29, 1.82) is 0 Å². The molecular formula is C32H34F6N6O7S. The number of fused-ring (bicyclic) bond motifs is 2. The third-order valence-electron chi connectivity index (χ3n) is 6.96. The number of benzene rings is 2. The summed E-state index contributed by atoms with van der Waals surface area (Å²) in [4.78, 5) is 42.6. The molecule has 0 saturated heterocycles. The molecule has 3 heterocycles. The molecule has 5 rings (SSSR count). The zero-order valence-electron chi connectivity index (χ0n) is 27.8. The molecule has 52 heavy (non-hydrogen) atoms. The molecular weight excluding hydrogens is 726 g/mol. The van der Waals surface area contributed by atoms with Gasteiger partial charge in [-0.05, 0) is 62.0 Å². The van der Waals surface area contributed by atoms with Crippen LogP contribution in [0, 0.1) is 0 Å². The van der Waals surface area contributed by atoms with E-state index in [2.05, 4.69) is 52.7 Å². The summed E-state index contributed by atoms with van der Waals surface area (Å²) in [6.07, 6.45) is -5.76. The largest absolute Gasteiger partial charge is 0.493 e. The monoisotopic (exact) mass is 760 g/mol. The molecule has 4 N–H and O–H groups in total. The molecule has 1 unspecified atom stereocenters. The molecule has 0 saturated carbocycles. The molecule has 20 heteroatoms. The molecule has 13 nitrogen and oxygen atoms in total. The Morgan fingerprint density at radius 3 is 2.27 bits per heavy atom. The lowest BCUT2D eigenvalue weighted by atomic mass is 9.94. The van der Waals surface area contributed by atoms with Gasteiger partial charge in [-0.2, -0.15) is 31.4 Å². The predicted molar refractivity (Wildman–Crippen MR) is 176 cm³/mol. The number of methoxy groups -OCH3 is 1. The molecule has 1 amide bonds. The summed E-state index contributed by atoms with van der Waals surface area (Å²) < 4.78 is 74.6. The second kappa shape index (κ2) is 18.5. The lowest BCUT2D eigenvalue weighted by Gasteiger charge is -2.25. The van der Waals surface area contributed by atoms with Crippen molar-refractivity contribution in [3.63, 3.8) is 0 Å². The fourth-order valence-corrected chi connectivity index (χ4v) is 5.52. The van der Waals surface area contributed by atoms with Gasteiger partial charge in [-0.3, -0.25) is 9.89 Å². The smallest absolute Gasteiger partial charge is 0.490 e. The van der Waals surface area contributed by atoms with Crippen molar-refractivity contribution in [3.8, 4) is 16.9 Å². The Bertz CT molecular complexity index is 1800. The Hall–Kier alpha value is -4.95. The van der Waals surface area contributed by atoms with Crippen LogP contribution in [-0.4, -0.2) is 119 Å². The van der Waals surface area contributed by atoms with E-state index in [1.54, 1.807) is 24.9 Å². The van der Waals surface area contributed by atoms with Gasteiger partial charge in [0.1, 0.15) is 16.6 Å². The molecule has 0 aliphatic carbocycles. The standard InChI is InChI=1S/C28H32N6O3S.2C2HF3O2/c1-34(2)9-11-38-28-23-14-18(22-15-30-31-16-22)4-6-24(23)32-26(33-28)21-13-20-12-19(5-7-25(20)37-17-21)27(35)29-8-10-36-3;2*3-2(4,5)1(6)7/h4-7,12,14-16,21H,8-11,13,17H2,1-3H3,(H,29,35)(H,30,31);2*(H,6,7). The third kappa shape index (κ3) is 12.4. The van der Waals surface area contributed by atoms with Crippen molar-refractivity contribution < 1.29 is 60.4 Å². The minimum Gasteiger partial charge on any atom is -0.493 e. The number of ether oxygens (including phenoxy) is 2. The van der Waals surface area contributed by atoms with Crippen molar-refractivity contribution >= 4 is 40.5 Å². The number of thioether (sulfide) groups is 1. The molecule has 4 aromatic rings. The molecule has 282 valence electrons. The summed E-state index contributed by atoms with van der Waals surface area (Å²) in [5.41, 5.74) is 4.60. The van der Waals surface area contributed by atoms with E-state index in [9.17, 15) is 31.1 Å². The number of hydrogen-bond donors (Lipinski definition) is 4. The van der Waals surface area contributed by atoms with Crippen LogP contribution in [0.25, 0.3) is 22.0 Å². The summed E-state index contributed by atoms with van der Waals surface area (Å²) >= 11 is 1.74. The van der Waals surface area contributed by atoms with E-state index in [0.29, 0.717) is 31.7 Å². The summed E-state index contributed by atoms with van der Waals surface area (Å²) in [6.45, 7) is 2.38. The van der Waals surface area contributed by atoms with Gasteiger partial charge in [-0.15, -0.1) is 11.8 Å². The third-order valence-corrected chi connectivity index (χ3v) is 7.93. The number of nitrogens with zero attached hydrogens (tertiary/aromatic N) is 4. The second-order valence-corrected chi connectivity index (χ2v) is 12.2. The number of aromatic nitrogens is 4. The fourth-order valence-electron chi connectivity index (χ4n) is 4.39. The lowest BCUT2D eigenvalue weighted by Crippen LogP contribution is -2.27. The number of alkyl halides is 6. The number of rotatable bonds is 10. The number of hydrogen-bond acceptors (Lipinski definition) is 10. The first-order valence-electron chi connectivity index (χ1n) is 15.1. The van der Waals surface area contributed by atoms with Crippen LogP contribution >= 0.6 is 11.8 Å². The molecule has 1 aliphatic heterocycles. The first-order chi connectivity index (χ1) is 24.4. The maximum atomic E-state index is 12.6. The van der Waals surface area contributed by atoms with Crippen LogP contribution in [0.4, 0.5) is 26.3 Å². The minimum atomic E-state index is -5.08. The minimum absolute atomic E-state index is 0.0135. The Labute approximate surface area is 296 Å². The maximum Gasteiger partial charge on any atom is 0.490 e. The van der Waals surface area contributed by atoms with Crippen molar-refractivity contribution in [2.45, 2.75) is 29.7 Å². The highest BCUT2D eigenvalue weighted by Gasteiger charge is 2.39. The van der Waals surface area contributed by atoms with Crippen LogP contribution in [0.2, 0.25) is 0 Å². The highest BCUT2D eigenvalue weighted by molar-refractivity contribution is 7.99. The lowest BCUT2D eigenvalue weighted by molar-refractivity contribution is -0.193. The van der Waals surface area contributed by atoms with Gasteiger partial charge in [-0.1, -0.05) is 6.07 Å². The van der Waals surface area contributed by atoms with Gasteiger partial charge >= 0.3 is 24.3 Å². The van der Waals surface area contributed by atoms with Gasteiger partial charge in [0.05, 0.1) is 30.8 Å². The Balaban J connectivity index is 0.000000441. The average Bonchev–Trinajstić information content (AvgIpc) is 3.62.